The van der Waals surface area contributed by atoms with Crippen molar-refractivity contribution in [1.29, 1.82) is 0 Å². The van der Waals surface area contributed by atoms with Crippen LogP contribution in [0.5, 0.6) is 11.5 Å². The highest BCUT2D eigenvalue weighted by atomic mass is 32.2. The summed E-state index contributed by atoms with van der Waals surface area (Å²) in [6, 6.07) is 11.2. The molecule has 8 nitrogen and oxygen atoms in total. The van der Waals surface area contributed by atoms with Crippen LogP contribution in [0.3, 0.4) is 0 Å². The van der Waals surface area contributed by atoms with Gasteiger partial charge in [0.2, 0.25) is 5.91 Å². The number of nitrogens with one attached hydrogen (secondary N) is 1. The van der Waals surface area contributed by atoms with E-state index in [1.165, 1.54) is 18.2 Å². The Morgan fingerprint density at radius 3 is 2.74 bits per heavy atom. The highest BCUT2D eigenvalue weighted by molar-refractivity contribution is 8.26. The molecule has 2 amide bonds. The highest BCUT2D eigenvalue weighted by Crippen LogP contribution is 2.33. The number of carbonyl (C=O) groups is 3. The predicted molar refractivity (Wildman–Crippen MR) is 127 cm³/mol. The van der Waals surface area contributed by atoms with E-state index < -0.39 is 24.2 Å². The van der Waals surface area contributed by atoms with Crippen LogP contribution in [0, 0.1) is 5.82 Å². The maximum atomic E-state index is 14.6. The second-order valence-electron chi connectivity index (χ2n) is 7.58. The lowest BCUT2D eigenvalue weighted by molar-refractivity contribution is -0.140. The molecule has 2 heterocycles. The molecule has 0 spiro atoms. The molecule has 0 bridgehead atoms. The molecule has 2 aromatic rings. The third kappa shape index (κ3) is 5.79. The molecule has 34 heavy (non-hydrogen) atoms. The Kier molecular flexibility index (Phi) is 7.25. The summed E-state index contributed by atoms with van der Waals surface area (Å²) in [6.45, 7) is 0.00662. The lowest BCUT2D eigenvalue weighted by atomic mass is 10.1. The van der Waals surface area contributed by atoms with Crippen molar-refractivity contribution in [2.45, 2.75) is 12.5 Å². The van der Waals surface area contributed by atoms with Gasteiger partial charge < -0.3 is 19.9 Å². The molecule has 1 unspecified atom stereocenters. The SMILES string of the molecule is O=C(O)CN1C(=O)/C(=C/c2ccc(Oc3ccc(CC4COCC(=O)N4)cc3)c(F)c2)SC1=S. The molecule has 0 aliphatic carbocycles. The van der Waals surface area contributed by atoms with Gasteiger partial charge in [0, 0.05) is 0 Å². The zero-order valence-electron chi connectivity index (χ0n) is 17.7. The van der Waals surface area contributed by atoms with Gasteiger partial charge in [0.1, 0.15) is 23.2 Å². The summed E-state index contributed by atoms with van der Waals surface area (Å²) in [5.74, 6) is -2.02. The molecule has 0 saturated carbocycles. The van der Waals surface area contributed by atoms with Gasteiger partial charge in [-0.3, -0.25) is 19.3 Å². The van der Waals surface area contributed by atoms with Gasteiger partial charge in [-0.25, -0.2) is 4.39 Å². The first-order valence-electron chi connectivity index (χ1n) is 10.2. The van der Waals surface area contributed by atoms with Crippen molar-refractivity contribution in [2.75, 3.05) is 19.8 Å². The molecule has 1 atom stereocenters. The molecule has 2 saturated heterocycles. The molecular weight excluding hydrogens is 483 g/mol. The van der Waals surface area contributed by atoms with Crippen LogP contribution >= 0.6 is 24.0 Å². The van der Waals surface area contributed by atoms with E-state index in [1.807, 2.05) is 12.1 Å². The van der Waals surface area contributed by atoms with Crippen LogP contribution in [0.1, 0.15) is 11.1 Å². The second-order valence-corrected chi connectivity index (χ2v) is 9.26. The van der Waals surface area contributed by atoms with E-state index in [-0.39, 0.29) is 33.5 Å². The smallest absolute Gasteiger partial charge is 0.323 e. The van der Waals surface area contributed by atoms with Crippen molar-refractivity contribution in [2.24, 2.45) is 0 Å². The quantitative estimate of drug-likeness (QED) is 0.440. The molecular formula is C23H19FN2O6S2. The fraction of sp³-hybridized carbons (Fsp3) is 0.217. The monoisotopic (exact) mass is 502 g/mol. The van der Waals surface area contributed by atoms with Crippen LogP contribution in [0.4, 0.5) is 4.39 Å². The van der Waals surface area contributed by atoms with E-state index in [4.69, 9.17) is 26.8 Å². The van der Waals surface area contributed by atoms with E-state index >= 15 is 0 Å². The molecule has 176 valence electrons. The standard InChI is InChI=1S/C23H19FN2O6S2/c24-17-8-14(9-19-22(30)26(10-21(28)29)23(33)34-19)3-6-18(17)32-16-4-1-13(2-5-16)7-15-11-31-12-20(27)25-15/h1-6,8-9,15H,7,10-12H2,(H,25,27)(H,28,29)/b19-9-. The number of hydrogen-bond acceptors (Lipinski definition) is 7. The van der Waals surface area contributed by atoms with Crippen LogP contribution in [-0.4, -0.2) is 57.9 Å². The second kappa shape index (κ2) is 10.3. The lowest BCUT2D eigenvalue weighted by Crippen LogP contribution is -2.46. The number of benzene rings is 2. The number of aliphatic carboxylic acids is 1. The van der Waals surface area contributed by atoms with Gasteiger partial charge in [0.25, 0.3) is 5.91 Å². The topological polar surface area (TPSA) is 105 Å². The minimum absolute atomic E-state index is 0.0104. The summed E-state index contributed by atoms with van der Waals surface area (Å²) in [5.41, 5.74) is 1.38. The molecule has 2 aliphatic rings. The third-order valence-corrected chi connectivity index (χ3v) is 6.35. The number of ether oxygens (including phenoxy) is 2. The summed E-state index contributed by atoms with van der Waals surface area (Å²) in [6.07, 6.45) is 2.06. The molecule has 0 radical (unpaired) electrons. The van der Waals surface area contributed by atoms with Gasteiger partial charge in [-0.05, 0) is 47.9 Å². The minimum atomic E-state index is -1.17. The molecule has 11 heteroatoms. The minimum Gasteiger partial charge on any atom is -0.480 e. The first kappa shape index (κ1) is 23.9. The van der Waals surface area contributed by atoms with Crippen LogP contribution in [0.25, 0.3) is 6.08 Å². The Bertz CT molecular complexity index is 1180. The maximum absolute atomic E-state index is 14.6. The number of halogens is 1. The average molecular weight is 503 g/mol. The number of carboxylic acid groups (broad SMARTS) is 1. The first-order chi connectivity index (χ1) is 16.3. The van der Waals surface area contributed by atoms with Gasteiger partial charge >= 0.3 is 5.97 Å². The summed E-state index contributed by atoms with van der Waals surface area (Å²) in [4.78, 5) is 35.9. The Labute approximate surface area is 203 Å². The van der Waals surface area contributed by atoms with Crippen molar-refractivity contribution < 1.29 is 33.4 Å². The zero-order chi connectivity index (χ0) is 24.2. The van der Waals surface area contributed by atoms with Crippen LogP contribution in [0.15, 0.2) is 47.4 Å². The number of thiocarbonyl (C=S) groups is 1. The van der Waals surface area contributed by atoms with Crippen molar-refractivity contribution in [3.05, 3.63) is 64.3 Å². The van der Waals surface area contributed by atoms with Gasteiger partial charge in [-0.2, -0.15) is 0 Å². The molecule has 2 aromatic carbocycles. The largest absolute Gasteiger partial charge is 0.480 e. The van der Waals surface area contributed by atoms with Gasteiger partial charge in [-0.15, -0.1) is 0 Å². The number of carbonyl (C=O) groups excluding carboxylic acids is 2. The number of hydrogen-bond donors (Lipinski definition) is 2. The number of morpholine rings is 1. The first-order valence-corrected chi connectivity index (χ1v) is 11.4. The summed E-state index contributed by atoms with van der Waals surface area (Å²) < 4.78 is 25.7. The number of nitrogens with zero attached hydrogens (tertiary/aromatic N) is 1. The van der Waals surface area contributed by atoms with Crippen LogP contribution in [-0.2, 0) is 25.5 Å². The molecule has 2 fully saturated rings. The molecule has 0 aromatic heterocycles. The molecule has 2 N–H and O–H groups in total. The predicted octanol–water partition coefficient (Wildman–Crippen LogP) is 2.96. The Morgan fingerprint density at radius 1 is 1.29 bits per heavy atom. The maximum Gasteiger partial charge on any atom is 0.323 e. The Morgan fingerprint density at radius 2 is 2.06 bits per heavy atom. The Hall–Kier alpha value is -3.28. The lowest BCUT2D eigenvalue weighted by Gasteiger charge is -2.23. The van der Waals surface area contributed by atoms with E-state index in [1.54, 1.807) is 18.2 Å². The van der Waals surface area contributed by atoms with E-state index in [2.05, 4.69) is 5.32 Å². The van der Waals surface area contributed by atoms with Crippen molar-refractivity contribution >= 4 is 52.2 Å². The summed E-state index contributed by atoms with van der Waals surface area (Å²) in [5, 5.41) is 11.8. The van der Waals surface area contributed by atoms with Crippen LogP contribution in [0.2, 0.25) is 0 Å². The Balaban J connectivity index is 1.40. The fourth-order valence-electron chi connectivity index (χ4n) is 3.43. The number of carboxylic acids is 1. The van der Waals surface area contributed by atoms with Gasteiger partial charge in [-0.1, -0.05) is 42.2 Å². The zero-order valence-corrected chi connectivity index (χ0v) is 19.3. The highest BCUT2D eigenvalue weighted by Gasteiger charge is 2.33. The van der Waals surface area contributed by atoms with Crippen LogP contribution < -0.4 is 10.1 Å². The van der Waals surface area contributed by atoms with Crippen molar-refractivity contribution in [1.82, 2.24) is 10.2 Å². The van der Waals surface area contributed by atoms with E-state index in [9.17, 15) is 18.8 Å². The van der Waals surface area contributed by atoms with E-state index in [0.29, 0.717) is 24.3 Å². The van der Waals surface area contributed by atoms with Crippen molar-refractivity contribution in [3.8, 4) is 11.5 Å². The van der Waals surface area contributed by atoms with Crippen molar-refractivity contribution in [3.63, 3.8) is 0 Å². The fourth-order valence-corrected chi connectivity index (χ4v) is 4.69. The number of rotatable bonds is 7. The summed E-state index contributed by atoms with van der Waals surface area (Å²) >= 11 is 6.02. The normalized spacial score (nSPS) is 19.4. The number of thioether (sulfide) groups is 1. The van der Waals surface area contributed by atoms with Gasteiger partial charge in [0.15, 0.2) is 11.6 Å². The summed E-state index contributed by atoms with van der Waals surface area (Å²) in [7, 11) is 0. The van der Waals surface area contributed by atoms with Gasteiger partial charge in [0.05, 0.1) is 17.6 Å². The number of amides is 2. The van der Waals surface area contributed by atoms with E-state index in [0.717, 1.165) is 22.2 Å². The third-order valence-electron chi connectivity index (χ3n) is 4.97. The molecule has 2 aliphatic heterocycles. The average Bonchev–Trinajstić information content (AvgIpc) is 3.04. The molecule has 4 rings (SSSR count).